The fraction of sp³-hybridized carbons (Fsp3) is 0.556. The Hall–Kier alpha value is -1.84. The quantitative estimate of drug-likeness (QED) is 0.839. The van der Waals surface area contributed by atoms with Crippen LogP contribution in [0.3, 0.4) is 0 Å². The molecule has 3 heteroatoms. The molecule has 0 N–H and O–H groups in total. The van der Waals surface area contributed by atoms with E-state index in [-0.39, 0.29) is 5.41 Å². The second kappa shape index (κ2) is 8.45. The Bertz CT molecular complexity index is 514. The van der Waals surface area contributed by atoms with E-state index in [4.69, 9.17) is 10.5 Å². The Kier molecular flexibility index (Phi) is 6.92. The highest BCUT2D eigenvalue weighted by atomic mass is 15.1. The Labute approximate surface area is 128 Å². The van der Waals surface area contributed by atoms with E-state index < -0.39 is 0 Å². The minimum atomic E-state index is 0.194. The molecule has 3 nitrogen and oxygen atoms in total. The molecule has 0 amide bonds. The summed E-state index contributed by atoms with van der Waals surface area (Å²) >= 11 is 0. The Morgan fingerprint density at radius 3 is 2.43 bits per heavy atom. The third-order valence-corrected chi connectivity index (χ3v) is 4.03. The van der Waals surface area contributed by atoms with Crippen LogP contribution in [0.15, 0.2) is 24.3 Å². The van der Waals surface area contributed by atoms with Gasteiger partial charge in [0, 0.05) is 13.0 Å². The molecule has 112 valence electrons. The van der Waals surface area contributed by atoms with Crippen LogP contribution in [0, 0.1) is 28.1 Å². The number of rotatable bonds is 3. The third kappa shape index (κ3) is 5.21. The largest absolute Gasteiger partial charge is 0.299 e. The van der Waals surface area contributed by atoms with Crippen LogP contribution in [0.25, 0.3) is 0 Å². The van der Waals surface area contributed by atoms with Crippen molar-refractivity contribution >= 4 is 0 Å². The minimum Gasteiger partial charge on any atom is -0.299 e. The van der Waals surface area contributed by atoms with Gasteiger partial charge in [-0.05, 0) is 49.0 Å². The van der Waals surface area contributed by atoms with Gasteiger partial charge in [-0.15, -0.1) is 0 Å². The maximum absolute atomic E-state index is 8.90. The number of nitriles is 2. The summed E-state index contributed by atoms with van der Waals surface area (Å²) in [4.78, 5) is 2.41. The zero-order valence-corrected chi connectivity index (χ0v) is 13.4. The number of hydrogen-bond acceptors (Lipinski definition) is 3. The van der Waals surface area contributed by atoms with Crippen molar-refractivity contribution in [2.24, 2.45) is 5.41 Å². The maximum atomic E-state index is 8.90. The molecule has 0 atom stereocenters. The summed E-state index contributed by atoms with van der Waals surface area (Å²) in [5.41, 5.74) is 2.12. The van der Waals surface area contributed by atoms with Crippen LogP contribution in [0.5, 0.6) is 0 Å². The molecule has 2 rings (SSSR count). The van der Waals surface area contributed by atoms with Gasteiger partial charge >= 0.3 is 0 Å². The first-order chi connectivity index (χ1) is 10.1. The van der Waals surface area contributed by atoms with Gasteiger partial charge in [0.1, 0.15) is 0 Å². The highest BCUT2D eigenvalue weighted by molar-refractivity contribution is 5.32. The molecule has 0 aromatic heterocycles. The summed E-state index contributed by atoms with van der Waals surface area (Å²) in [6, 6.07) is 12.3. The Balaban J connectivity index is 0.00000106. The molecule has 0 radical (unpaired) electrons. The number of benzene rings is 1. The fourth-order valence-corrected chi connectivity index (χ4v) is 2.62. The lowest BCUT2D eigenvalue weighted by Crippen LogP contribution is -2.38. The smallest absolute Gasteiger partial charge is 0.0991 e. The first kappa shape index (κ1) is 17.2. The van der Waals surface area contributed by atoms with Gasteiger partial charge in [-0.3, -0.25) is 4.90 Å². The van der Waals surface area contributed by atoms with Gasteiger partial charge in [0.15, 0.2) is 0 Å². The fourth-order valence-electron chi connectivity index (χ4n) is 2.62. The maximum Gasteiger partial charge on any atom is 0.0991 e. The lowest BCUT2D eigenvalue weighted by atomic mass is 9.78. The van der Waals surface area contributed by atoms with Crippen LogP contribution >= 0.6 is 0 Å². The lowest BCUT2D eigenvalue weighted by Gasteiger charge is -2.38. The van der Waals surface area contributed by atoms with E-state index in [1.165, 1.54) is 5.56 Å². The number of piperidine rings is 1. The van der Waals surface area contributed by atoms with Crippen molar-refractivity contribution in [1.82, 2.24) is 4.90 Å². The van der Waals surface area contributed by atoms with Gasteiger partial charge in [0.05, 0.1) is 17.7 Å². The first-order valence-electron chi connectivity index (χ1n) is 7.74. The van der Waals surface area contributed by atoms with Gasteiger partial charge in [0.2, 0.25) is 0 Å². The molecule has 0 bridgehead atoms. The summed E-state index contributed by atoms with van der Waals surface area (Å²) in [6.45, 7) is 9.19. The van der Waals surface area contributed by atoms with Crippen LogP contribution in [0.1, 0.15) is 51.2 Å². The second-order valence-corrected chi connectivity index (χ2v) is 5.73. The van der Waals surface area contributed by atoms with E-state index in [1.807, 2.05) is 32.0 Å². The zero-order chi connectivity index (χ0) is 15.7. The number of hydrogen-bond donors (Lipinski definition) is 0. The highest BCUT2D eigenvalue weighted by Crippen LogP contribution is 2.34. The predicted octanol–water partition coefficient (Wildman–Crippen LogP) is 4.10. The number of nitrogens with zero attached hydrogens (tertiary/aromatic N) is 3. The van der Waals surface area contributed by atoms with Crippen molar-refractivity contribution in [3.63, 3.8) is 0 Å². The van der Waals surface area contributed by atoms with Crippen LogP contribution in [0.2, 0.25) is 0 Å². The van der Waals surface area contributed by atoms with E-state index in [0.29, 0.717) is 6.42 Å². The molecule has 1 heterocycles. The average Bonchev–Trinajstić information content (AvgIpc) is 2.52. The van der Waals surface area contributed by atoms with Crippen LogP contribution < -0.4 is 0 Å². The van der Waals surface area contributed by atoms with Crippen molar-refractivity contribution in [3.05, 3.63) is 35.4 Å². The minimum absolute atomic E-state index is 0.194. The van der Waals surface area contributed by atoms with Crippen molar-refractivity contribution in [3.8, 4) is 12.1 Å². The first-order valence-corrected chi connectivity index (χ1v) is 7.74. The molecule has 0 spiro atoms. The van der Waals surface area contributed by atoms with Gasteiger partial charge in [-0.2, -0.15) is 10.5 Å². The molecule has 1 aromatic rings. The molecular formula is C18H25N3. The molecule has 1 saturated heterocycles. The SMILES string of the molecule is CC.CC1(CC#N)CCN(Cc2cccc(C#N)c2)CC1. The molecule has 1 aliphatic rings. The summed E-state index contributed by atoms with van der Waals surface area (Å²) in [5, 5.41) is 17.7. The third-order valence-electron chi connectivity index (χ3n) is 4.03. The van der Waals surface area contributed by atoms with Crippen molar-refractivity contribution in [2.45, 2.75) is 46.6 Å². The topological polar surface area (TPSA) is 50.8 Å². The molecule has 1 aromatic carbocycles. The molecule has 21 heavy (non-hydrogen) atoms. The van der Waals surface area contributed by atoms with Crippen molar-refractivity contribution in [1.29, 1.82) is 10.5 Å². The Morgan fingerprint density at radius 2 is 1.86 bits per heavy atom. The van der Waals surface area contributed by atoms with Gasteiger partial charge in [0.25, 0.3) is 0 Å². The van der Waals surface area contributed by atoms with Gasteiger partial charge in [-0.1, -0.05) is 32.9 Å². The molecule has 1 aliphatic heterocycles. The second-order valence-electron chi connectivity index (χ2n) is 5.73. The summed E-state index contributed by atoms with van der Waals surface area (Å²) in [5.74, 6) is 0. The van der Waals surface area contributed by atoms with Crippen LogP contribution in [-0.4, -0.2) is 18.0 Å². The standard InChI is InChI=1S/C16H19N3.C2H6/c1-16(5-8-17)6-9-19(10-7-16)13-15-4-2-3-14(11-15)12-18;1-2/h2-4,11H,5-7,9-10,13H2,1H3;1-2H3. The normalized spacial score (nSPS) is 17.0. The number of likely N-dealkylation sites (tertiary alicyclic amines) is 1. The van der Waals surface area contributed by atoms with E-state index >= 15 is 0 Å². The Morgan fingerprint density at radius 1 is 1.19 bits per heavy atom. The average molecular weight is 283 g/mol. The van der Waals surface area contributed by atoms with E-state index in [9.17, 15) is 0 Å². The molecule has 0 saturated carbocycles. The lowest BCUT2D eigenvalue weighted by molar-refractivity contribution is 0.116. The van der Waals surface area contributed by atoms with E-state index in [2.05, 4.69) is 30.0 Å². The molecule has 1 fully saturated rings. The van der Waals surface area contributed by atoms with Crippen molar-refractivity contribution < 1.29 is 0 Å². The zero-order valence-electron chi connectivity index (χ0n) is 13.4. The monoisotopic (exact) mass is 283 g/mol. The molecule has 0 unspecified atom stereocenters. The van der Waals surface area contributed by atoms with Crippen molar-refractivity contribution in [2.75, 3.05) is 13.1 Å². The predicted molar refractivity (Wildman–Crippen MR) is 85.4 cm³/mol. The van der Waals surface area contributed by atoms with Gasteiger partial charge in [-0.25, -0.2) is 0 Å². The summed E-state index contributed by atoms with van der Waals surface area (Å²) in [6.07, 6.45) is 2.82. The molecular weight excluding hydrogens is 258 g/mol. The van der Waals surface area contributed by atoms with E-state index in [1.54, 1.807) is 0 Å². The highest BCUT2D eigenvalue weighted by Gasteiger charge is 2.29. The summed E-state index contributed by atoms with van der Waals surface area (Å²) < 4.78 is 0. The van der Waals surface area contributed by atoms with Crippen LogP contribution in [0.4, 0.5) is 0 Å². The van der Waals surface area contributed by atoms with E-state index in [0.717, 1.165) is 38.0 Å². The summed E-state index contributed by atoms with van der Waals surface area (Å²) in [7, 11) is 0. The van der Waals surface area contributed by atoms with Gasteiger partial charge < -0.3 is 0 Å². The molecule has 0 aliphatic carbocycles. The van der Waals surface area contributed by atoms with Crippen LogP contribution in [-0.2, 0) is 6.54 Å².